The Hall–Kier alpha value is -4.54. The van der Waals surface area contributed by atoms with E-state index in [1.807, 2.05) is 51.1 Å². The minimum absolute atomic E-state index is 0.0150. The lowest BCUT2D eigenvalue weighted by atomic mass is 10.0. The zero-order valence-electron chi connectivity index (χ0n) is 27.9. The van der Waals surface area contributed by atoms with E-state index in [2.05, 4.69) is 5.32 Å². The summed E-state index contributed by atoms with van der Waals surface area (Å²) < 4.78 is 40.9. The van der Waals surface area contributed by atoms with Crippen molar-refractivity contribution in [3.63, 3.8) is 0 Å². The highest BCUT2D eigenvalue weighted by molar-refractivity contribution is 7.92. The Bertz CT molecular complexity index is 1800. The lowest BCUT2D eigenvalue weighted by Crippen LogP contribution is -2.54. The van der Waals surface area contributed by atoms with E-state index in [4.69, 9.17) is 21.1 Å². The maximum absolute atomic E-state index is 14.7. The van der Waals surface area contributed by atoms with Crippen LogP contribution in [0.15, 0.2) is 102 Å². The van der Waals surface area contributed by atoms with Crippen LogP contribution in [-0.4, -0.2) is 58.0 Å². The first-order valence-corrected chi connectivity index (χ1v) is 17.5. The molecule has 0 unspecified atom stereocenters. The summed E-state index contributed by atoms with van der Waals surface area (Å²) >= 11 is 6.59. The molecule has 0 bridgehead atoms. The average Bonchev–Trinajstić information content (AvgIpc) is 3.09. The van der Waals surface area contributed by atoms with Crippen LogP contribution >= 0.6 is 11.6 Å². The van der Waals surface area contributed by atoms with Crippen molar-refractivity contribution in [2.45, 2.75) is 57.1 Å². The van der Waals surface area contributed by atoms with Crippen molar-refractivity contribution in [1.29, 1.82) is 0 Å². The Balaban J connectivity index is 1.88. The predicted octanol–water partition coefficient (Wildman–Crippen LogP) is 6.42. The fourth-order valence-corrected chi connectivity index (χ4v) is 6.76. The predicted molar refractivity (Wildman–Crippen MR) is 189 cm³/mol. The Morgan fingerprint density at radius 2 is 1.56 bits per heavy atom. The van der Waals surface area contributed by atoms with E-state index in [1.54, 1.807) is 48.5 Å². The second-order valence-electron chi connectivity index (χ2n) is 11.5. The molecule has 254 valence electrons. The van der Waals surface area contributed by atoms with Crippen molar-refractivity contribution >= 4 is 39.1 Å². The number of aryl methyl sites for hydroxylation is 1. The summed E-state index contributed by atoms with van der Waals surface area (Å²) in [5.74, 6) is -0.395. The number of hydrogen-bond acceptors (Lipinski definition) is 6. The smallest absolute Gasteiger partial charge is 0.264 e. The van der Waals surface area contributed by atoms with Gasteiger partial charge in [-0.3, -0.25) is 13.9 Å². The number of nitrogens with one attached hydrogen (secondary N) is 1. The summed E-state index contributed by atoms with van der Waals surface area (Å²) in [7, 11) is -1.46. The molecule has 4 rings (SSSR count). The normalized spacial score (nSPS) is 12.5. The molecule has 0 saturated heterocycles. The Morgan fingerprint density at radius 3 is 2.19 bits per heavy atom. The molecule has 9 nitrogen and oxygen atoms in total. The van der Waals surface area contributed by atoms with Crippen molar-refractivity contribution in [2.75, 3.05) is 25.1 Å². The fourth-order valence-electron chi connectivity index (χ4n) is 5.15. The van der Waals surface area contributed by atoms with Crippen LogP contribution in [0.2, 0.25) is 5.02 Å². The van der Waals surface area contributed by atoms with E-state index in [0.29, 0.717) is 22.8 Å². The van der Waals surface area contributed by atoms with Gasteiger partial charge in [0.05, 0.1) is 24.8 Å². The molecule has 0 saturated carbocycles. The lowest BCUT2D eigenvalue weighted by molar-refractivity contribution is -0.140. The van der Waals surface area contributed by atoms with Crippen LogP contribution in [0.1, 0.15) is 37.0 Å². The van der Waals surface area contributed by atoms with Gasteiger partial charge < -0.3 is 19.7 Å². The minimum Gasteiger partial charge on any atom is -0.497 e. The van der Waals surface area contributed by atoms with Crippen molar-refractivity contribution in [2.24, 2.45) is 0 Å². The van der Waals surface area contributed by atoms with E-state index in [1.165, 1.54) is 37.3 Å². The number of methoxy groups -OCH3 is 2. The number of halogens is 1. The average molecular weight is 692 g/mol. The van der Waals surface area contributed by atoms with Gasteiger partial charge in [0.25, 0.3) is 10.0 Å². The zero-order valence-corrected chi connectivity index (χ0v) is 29.4. The molecule has 0 aliphatic heterocycles. The van der Waals surface area contributed by atoms with Gasteiger partial charge in [-0.25, -0.2) is 8.42 Å². The molecular formula is C37H42ClN3O6S. The molecule has 2 amide bonds. The Labute approximate surface area is 288 Å². The number of anilines is 1. The van der Waals surface area contributed by atoms with Gasteiger partial charge in [-0.05, 0) is 61.7 Å². The maximum Gasteiger partial charge on any atom is 0.264 e. The van der Waals surface area contributed by atoms with E-state index < -0.39 is 28.5 Å². The molecular weight excluding hydrogens is 650 g/mol. The summed E-state index contributed by atoms with van der Waals surface area (Å²) in [4.78, 5) is 30.2. The number of carbonyl (C=O) groups excluding carboxylic acids is 2. The Kier molecular flexibility index (Phi) is 12.5. The van der Waals surface area contributed by atoms with Crippen LogP contribution in [0, 0.1) is 6.92 Å². The fraction of sp³-hybridized carbons (Fsp3) is 0.297. The molecule has 1 N–H and O–H groups in total. The van der Waals surface area contributed by atoms with Gasteiger partial charge in [0.15, 0.2) is 0 Å². The first-order chi connectivity index (χ1) is 23.0. The minimum atomic E-state index is -4.34. The van der Waals surface area contributed by atoms with Crippen LogP contribution < -0.4 is 19.1 Å². The first-order valence-electron chi connectivity index (χ1n) is 15.7. The van der Waals surface area contributed by atoms with Crippen LogP contribution in [0.3, 0.4) is 0 Å². The molecule has 0 aliphatic carbocycles. The number of sulfonamides is 1. The second-order valence-corrected chi connectivity index (χ2v) is 13.8. The van der Waals surface area contributed by atoms with E-state index in [-0.39, 0.29) is 41.2 Å². The molecule has 48 heavy (non-hydrogen) atoms. The lowest BCUT2D eigenvalue weighted by Gasteiger charge is -2.34. The number of nitrogens with zero attached hydrogens (tertiary/aromatic N) is 2. The summed E-state index contributed by atoms with van der Waals surface area (Å²) in [5.41, 5.74) is 2.41. The van der Waals surface area contributed by atoms with Gasteiger partial charge in [-0.1, -0.05) is 84.8 Å². The molecule has 0 spiro atoms. The van der Waals surface area contributed by atoms with E-state index >= 15 is 0 Å². The molecule has 0 aromatic heterocycles. The highest BCUT2D eigenvalue weighted by atomic mass is 35.5. The molecule has 4 aromatic carbocycles. The van der Waals surface area contributed by atoms with Gasteiger partial charge in [-0.15, -0.1) is 0 Å². The monoisotopic (exact) mass is 691 g/mol. The van der Waals surface area contributed by atoms with Crippen molar-refractivity contribution in [3.05, 3.63) is 119 Å². The summed E-state index contributed by atoms with van der Waals surface area (Å²) in [6, 6.07) is 26.4. The van der Waals surface area contributed by atoms with Gasteiger partial charge in [-0.2, -0.15) is 0 Å². The summed E-state index contributed by atoms with van der Waals surface area (Å²) in [6.45, 7) is 5.01. The number of amides is 2. The number of benzene rings is 4. The zero-order chi connectivity index (χ0) is 34.8. The van der Waals surface area contributed by atoms with Crippen molar-refractivity contribution < 1.29 is 27.5 Å². The van der Waals surface area contributed by atoms with Crippen molar-refractivity contribution in [1.82, 2.24) is 10.2 Å². The third-order valence-electron chi connectivity index (χ3n) is 8.11. The standard InChI is InChI=1S/C37H42ClN3O6S/c1-6-27(3)39-37(43)34(22-28-12-8-7-9-13-28)40(24-29-14-10-11-15-32(29)38)36(42)25-41(33-23-30(46-4)18-21-35(33)47-5)48(44,45)31-19-16-26(2)17-20-31/h7-21,23,27,34H,6,22,24-25H2,1-5H3,(H,39,43)/t27-,34+/m0/s1. The van der Waals surface area contributed by atoms with Crippen LogP contribution in [0.4, 0.5) is 5.69 Å². The van der Waals surface area contributed by atoms with Gasteiger partial charge in [0, 0.05) is 30.1 Å². The molecule has 0 radical (unpaired) electrons. The molecule has 4 aromatic rings. The maximum atomic E-state index is 14.7. The van der Waals surface area contributed by atoms with Crippen molar-refractivity contribution in [3.8, 4) is 11.5 Å². The SMILES string of the molecule is CC[C@H](C)NC(=O)[C@@H](Cc1ccccc1)N(Cc1ccccc1Cl)C(=O)CN(c1cc(OC)ccc1OC)S(=O)(=O)c1ccc(C)cc1. The van der Waals surface area contributed by atoms with Gasteiger partial charge in [0.2, 0.25) is 11.8 Å². The molecule has 11 heteroatoms. The quantitative estimate of drug-likeness (QED) is 0.154. The number of ether oxygens (including phenoxy) is 2. The topological polar surface area (TPSA) is 105 Å². The molecule has 2 atom stereocenters. The van der Waals surface area contributed by atoms with E-state index in [9.17, 15) is 18.0 Å². The third kappa shape index (κ3) is 8.87. The molecule has 0 aliphatic rings. The number of carbonyl (C=O) groups is 2. The molecule has 0 fully saturated rings. The van der Waals surface area contributed by atoms with E-state index in [0.717, 1.165) is 15.4 Å². The number of hydrogen-bond donors (Lipinski definition) is 1. The highest BCUT2D eigenvalue weighted by Gasteiger charge is 2.36. The van der Waals surface area contributed by atoms with Crippen LogP contribution in [0.5, 0.6) is 11.5 Å². The Morgan fingerprint density at radius 1 is 0.896 bits per heavy atom. The largest absolute Gasteiger partial charge is 0.497 e. The summed E-state index contributed by atoms with van der Waals surface area (Å²) in [5, 5.41) is 3.44. The van der Waals surface area contributed by atoms with Crippen LogP contribution in [0.25, 0.3) is 0 Å². The second kappa shape index (κ2) is 16.5. The first kappa shape index (κ1) is 36.3. The van der Waals surface area contributed by atoms with Gasteiger partial charge >= 0.3 is 0 Å². The summed E-state index contributed by atoms with van der Waals surface area (Å²) in [6.07, 6.45) is 0.868. The highest BCUT2D eigenvalue weighted by Crippen LogP contribution is 2.36. The number of rotatable bonds is 15. The van der Waals surface area contributed by atoms with Gasteiger partial charge in [0.1, 0.15) is 24.1 Å². The molecule has 0 heterocycles. The van der Waals surface area contributed by atoms with Crippen LogP contribution in [-0.2, 0) is 32.6 Å². The third-order valence-corrected chi connectivity index (χ3v) is 10.3.